The Hall–Kier alpha value is -3.01. The van der Waals surface area contributed by atoms with Crippen molar-refractivity contribution < 1.29 is 9.53 Å². The van der Waals surface area contributed by atoms with Gasteiger partial charge in [-0.3, -0.25) is 4.79 Å². The molecule has 1 unspecified atom stereocenters. The lowest BCUT2D eigenvalue weighted by Crippen LogP contribution is -2.58. The molecule has 0 bridgehead atoms. The van der Waals surface area contributed by atoms with Gasteiger partial charge in [0.2, 0.25) is 5.91 Å². The third kappa shape index (κ3) is 2.64. The number of hydrogen-bond donors (Lipinski definition) is 1. The van der Waals surface area contributed by atoms with Gasteiger partial charge in [0, 0.05) is 11.1 Å². The summed E-state index contributed by atoms with van der Waals surface area (Å²) in [6, 6.07) is 16.3. The number of carbonyl (C=O) groups excluding carboxylic acids is 1. The number of benzene rings is 2. The van der Waals surface area contributed by atoms with Crippen molar-refractivity contribution in [3.05, 3.63) is 78.4 Å². The Morgan fingerprint density at radius 1 is 1.19 bits per heavy atom. The zero-order valence-electron chi connectivity index (χ0n) is 15.7. The summed E-state index contributed by atoms with van der Waals surface area (Å²) in [6.45, 7) is 8.90. The summed E-state index contributed by atoms with van der Waals surface area (Å²) in [5.41, 5.74) is 2.62. The highest BCUT2D eigenvalue weighted by Crippen LogP contribution is 2.52. The molecule has 138 valence electrons. The maximum absolute atomic E-state index is 12.3. The molecule has 1 fully saturated rings. The summed E-state index contributed by atoms with van der Waals surface area (Å²) in [6.07, 6.45) is 5.92. The van der Waals surface area contributed by atoms with Gasteiger partial charge < -0.3 is 15.0 Å². The molecule has 2 aromatic rings. The Morgan fingerprint density at radius 3 is 2.67 bits per heavy atom. The molecule has 2 heterocycles. The number of nitrogens with one attached hydrogen (secondary N) is 1. The Morgan fingerprint density at radius 2 is 1.93 bits per heavy atom. The van der Waals surface area contributed by atoms with E-state index in [9.17, 15) is 4.79 Å². The molecule has 4 rings (SSSR count). The van der Waals surface area contributed by atoms with Crippen LogP contribution in [0.25, 0.3) is 6.08 Å². The maximum atomic E-state index is 12.3. The molecule has 0 spiro atoms. The number of amides is 1. The topological polar surface area (TPSA) is 41.6 Å². The van der Waals surface area contributed by atoms with Crippen LogP contribution in [-0.4, -0.2) is 24.7 Å². The van der Waals surface area contributed by atoms with Crippen molar-refractivity contribution in [2.75, 3.05) is 18.1 Å². The van der Waals surface area contributed by atoms with Crippen LogP contribution in [0.15, 0.2) is 67.3 Å². The highest BCUT2D eigenvalue weighted by Gasteiger charge is 2.59. The molecule has 4 heteroatoms. The quantitative estimate of drug-likeness (QED) is 0.823. The number of rotatable bonds is 5. The van der Waals surface area contributed by atoms with Crippen molar-refractivity contribution in [3.8, 4) is 5.75 Å². The molecule has 0 radical (unpaired) electrons. The van der Waals surface area contributed by atoms with E-state index in [0.717, 1.165) is 17.0 Å². The van der Waals surface area contributed by atoms with Gasteiger partial charge in [0.05, 0.1) is 6.54 Å². The second-order valence-electron chi connectivity index (χ2n) is 7.54. The van der Waals surface area contributed by atoms with Gasteiger partial charge in [0.25, 0.3) is 0 Å². The third-order valence-corrected chi connectivity index (χ3v) is 5.64. The number of carbonyl (C=O) groups is 1. The van der Waals surface area contributed by atoms with Gasteiger partial charge in [-0.1, -0.05) is 62.9 Å². The van der Waals surface area contributed by atoms with E-state index in [1.165, 1.54) is 5.56 Å². The van der Waals surface area contributed by atoms with Crippen molar-refractivity contribution in [1.29, 1.82) is 0 Å². The maximum Gasteiger partial charge on any atom is 0.241 e. The SMILES string of the molecule is C=CCOc1ccc(C=CC23NC(=O)CN2c2ccccc2C3(C)C)cc1. The molecule has 0 aliphatic carbocycles. The summed E-state index contributed by atoms with van der Waals surface area (Å²) in [5.74, 6) is 0.866. The van der Waals surface area contributed by atoms with E-state index in [1.54, 1.807) is 6.08 Å². The molecule has 2 aromatic carbocycles. The van der Waals surface area contributed by atoms with Gasteiger partial charge in [0.15, 0.2) is 0 Å². The molecule has 2 aliphatic rings. The predicted molar refractivity (Wildman–Crippen MR) is 109 cm³/mol. The summed E-state index contributed by atoms with van der Waals surface area (Å²) in [4.78, 5) is 14.5. The molecular weight excluding hydrogens is 336 g/mol. The Labute approximate surface area is 160 Å². The second kappa shape index (κ2) is 6.31. The number of fused-ring (bicyclic) bond motifs is 3. The molecule has 0 aromatic heterocycles. The van der Waals surface area contributed by atoms with Gasteiger partial charge in [-0.05, 0) is 35.4 Å². The zero-order chi connectivity index (χ0) is 19.1. The minimum absolute atomic E-state index is 0.0513. The van der Waals surface area contributed by atoms with E-state index >= 15 is 0 Å². The summed E-state index contributed by atoms with van der Waals surface area (Å²) < 4.78 is 5.54. The molecule has 0 saturated carbocycles. The first-order chi connectivity index (χ1) is 13.0. The Bertz CT molecular complexity index is 914. The van der Waals surface area contributed by atoms with Crippen LogP contribution in [-0.2, 0) is 10.2 Å². The minimum Gasteiger partial charge on any atom is -0.490 e. The van der Waals surface area contributed by atoms with Crippen molar-refractivity contribution in [2.24, 2.45) is 0 Å². The molecule has 27 heavy (non-hydrogen) atoms. The highest BCUT2D eigenvalue weighted by atomic mass is 16.5. The Kier molecular flexibility index (Phi) is 4.06. The Balaban J connectivity index is 1.68. The van der Waals surface area contributed by atoms with Crippen molar-refractivity contribution in [1.82, 2.24) is 5.32 Å². The van der Waals surface area contributed by atoms with E-state index in [-0.39, 0.29) is 11.3 Å². The van der Waals surface area contributed by atoms with E-state index < -0.39 is 5.66 Å². The van der Waals surface area contributed by atoms with E-state index in [2.05, 4.69) is 61.0 Å². The number of anilines is 1. The van der Waals surface area contributed by atoms with Crippen LogP contribution in [0.3, 0.4) is 0 Å². The minimum atomic E-state index is -0.564. The molecular formula is C23H24N2O2. The standard InChI is InChI=1S/C23H24N2O2/c1-4-15-27-18-11-9-17(10-12-18)13-14-23-22(2,3)19-7-5-6-8-20(19)25(23)16-21(26)24-23/h4-14H,1,15-16H2,2-3H3,(H,24,26). The van der Waals surface area contributed by atoms with Crippen LogP contribution in [0.5, 0.6) is 5.75 Å². The third-order valence-electron chi connectivity index (χ3n) is 5.64. The van der Waals surface area contributed by atoms with Crippen molar-refractivity contribution in [2.45, 2.75) is 24.9 Å². The van der Waals surface area contributed by atoms with Gasteiger partial charge >= 0.3 is 0 Å². The summed E-state index contributed by atoms with van der Waals surface area (Å²) in [7, 11) is 0. The lowest BCUT2D eigenvalue weighted by molar-refractivity contribution is -0.118. The van der Waals surface area contributed by atoms with Crippen molar-refractivity contribution in [3.63, 3.8) is 0 Å². The summed E-state index contributed by atoms with van der Waals surface area (Å²) >= 11 is 0. The van der Waals surface area contributed by atoms with Crippen LogP contribution in [0, 0.1) is 0 Å². The average Bonchev–Trinajstić information content (AvgIpc) is 3.10. The first-order valence-corrected chi connectivity index (χ1v) is 9.19. The second-order valence-corrected chi connectivity index (χ2v) is 7.54. The normalized spacial score (nSPS) is 22.4. The van der Waals surface area contributed by atoms with Crippen LogP contribution in [0.1, 0.15) is 25.0 Å². The molecule has 2 aliphatic heterocycles. The van der Waals surface area contributed by atoms with E-state index in [0.29, 0.717) is 13.2 Å². The highest BCUT2D eigenvalue weighted by molar-refractivity contribution is 5.91. The number of hydrogen-bond acceptors (Lipinski definition) is 3. The fraction of sp³-hybridized carbons (Fsp3) is 0.261. The van der Waals surface area contributed by atoms with Crippen LogP contribution < -0.4 is 15.0 Å². The number of ether oxygens (including phenoxy) is 1. The fourth-order valence-corrected chi connectivity index (χ4v) is 4.19. The predicted octanol–water partition coefficient (Wildman–Crippen LogP) is 3.89. The lowest BCUT2D eigenvalue weighted by Gasteiger charge is -2.40. The summed E-state index contributed by atoms with van der Waals surface area (Å²) in [5, 5.41) is 3.24. The van der Waals surface area contributed by atoms with Crippen molar-refractivity contribution >= 4 is 17.7 Å². The number of para-hydroxylation sites is 1. The first-order valence-electron chi connectivity index (χ1n) is 9.19. The number of nitrogens with zero attached hydrogens (tertiary/aromatic N) is 1. The van der Waals surface area contributed by atoms with E-state index in [1.807, 2.05) is 30.3 Å². The average molecular weight is 360 g/mol. The van der Waals surface area contributed by atoms with Crippen LogP contribution in [0.2, 0.25) is 0 Å². The molecule has 1 saturated heterocycles. The first kappa shape index (κ1) is 17.4. The molecule has 1 atom stereocenters. The lowest BCUT2D eigenvalue weighted by atomic mass is 9.75. The fourth-order valence-electron chi connectivity index (χ4n) is 4.19. The van der Waals surface area contributed by atoms with Gasteiger partial charge in [-0.15, -0.1) is 0 Å². The smallest absolute Gasteiger partial charge is 0.241 e. The molecule has 1 amide bonds. The van der Waals surface area contributed by atoms with Crippen LogP contribution in [0.4, 0.5) is 5.69 Å². The van der Waals surface area contributed by atoms with Gasteiger partial charge in [-0.25, -0.2) is 0 Å². The van der Waals surface area contributed by atoms with E-state index in [4.69, 9.17) is 4.74 Å². The molecule has 1 N–H and O–H groups in total. The van der Waals surface area contributed by atoms with Gasteiger partial charge in [-0.2, -0.15) is 0 Å². The monoisotopic (exact) mass is 360 g/mol. The largest absolute Gasteiger partial charge is 0.490 e. The van der Waals surface area contributed by atoms with Crippen LogP contribution >= 0.6 is 0 Å². The zero-order valence-corrected chi connectivity index (χ0v) is 15.7. The molecule has 4 nitrogen and oxygen atoms in total. The van der Waals surface area contributed by atoms with Gasteiger partial charge in [0.1, 0.15) is 18.0 Å².